The molecule has 152 valence electrons. The summed E-state index contributed by atoms with van der Waals surface area (Å²) in [6.45, 7) is 7.89. The number of nitrogens with one attached hydrogen (secondary N) is 1. The third-order valence-corrected chi connectivity index (χ3v) is 7.38. The Kier molecular flexibility index (Phi) is 8.16. The number of sulfone groups is 1. The average molecular weight is 411 g/mol. The molecule has 26 heavy (non-hydrogen) atoms. The number of piperidine rings is 1. The number of nitrogens with zero attached hydrogens (tertiary/aromatic N) is 3. The number of urea groups is 1. The molecule has 0 unspecified atom stereocenters. The molecule has 10 heteroatoms. The molecule has 1 N–H and O–H groups in total. The molecule has 2 heterocycles. The van der Waals surface area contributed by atoms with E-state index in [4.69, 9.17) is 0 Å². The van der Waals surface area contributed by atoms with Crippen LogP contribution in [0.4, 0.5) is 4.79 Å². The van der Waals surface area contributed by atoms with E-state index in [-0.39, 0.29) is 24.3 Å². The topological polar surface area (TPSA) is 90.0 Å². The van der Waals surface area contributed by atoms with Gasteiger partial charge in [0.25, 0.3) is 0 Å². The zero-order valence-corrected chi connectivity index (χ0v) is 17.5. The molecular formula is C16H31ClN4O4S. The molecule has 0 spiro atoms. The Labute approximate surface area is 162 Å². The van der Waals surface area contributed by atoms with Crippen LogP contribution in [0.25, 0.3) is 0 Å². The molecule has 0 saturated carbocycles. The normalized spacial score (nSPS) is 20.3. The Morgan fingerprint density at radius 2 is 1.46 bits per heavy atom. The second-order valence-electron chi connectivity index (χ2n) is 6.75. The van der Waals surface area contributed by atoms with Crippen LogP contribution in [0.2, 0.25) is 0 Å². The lowest BCUT2D eigenvalue weighted by atomic mass is 9.95. The number of amides is 3. The number of hydrogen-bond donors (Lipinski definition) is 1. The summed E-state index contributed by atoms with van der Waals surface area (Å²) in [4.78, 5) is 30.6. The van der Waals surface area contributed by atoms with Crippen LogP contribution in [0.3, 0.4) is 0 Å². The molecule has 8 nitrogen and oxygen atoms in total. The minimum Gasteiger partial charge on any atom is -0.338 e. The lowest BCUT2D eigenvalue weighted by Crippen LogP contribution is -2.62. The van der Waals surface area contributed by atoms with Crippen molar-refractivity contribution in [2.75, 3.05) is 58.6 Å². The molecule has 0 bridgehead atoms. The second kappa shape index (κ2) is 9.23. The van der Waals surface area contributed by atoms with Gasteiger partial charge < -0.3 is 20.0 Å². The minimum absolute atomic E-state index is 0. The molecule has 2 aliphatic rings. The van der Waals surface area contributed by atoms with Crippen LogP contribution in [0.5, 0.6) is 0 Å². The smallest absolute Gasteiger partial charge is 0.320 e. The lowest BCUT2D eigenvalue weighted by Gasteiger charge is -2.42. The number of rotatable bonds is 4. The molecule has 2 rings (SSSR count). The largest absolute Gasteiger partial charge is 0.338 e. The predicted octanol–water partition coefficient (Wildman–Crippen LogP) is 0.181. The van der Waals surface area contributed by atoms with E-state index in [0.717, 1.165) is 6.26 Å². The van der Waals surface area contributed by atoms with Gasteiger partial charge in [0.05, 0.1) is 0 Å². The molecule has 0 aliphatic carbocycles. The van der Waals surface area contributed by atoms with E-state index in [1.165, 1.54) is 0 Å². The third-order valence-electron chi connectivity index (χ3n) is 5.38. The summed E-state index contributed by atoms with van der Waals surface area (Å²) < 4.78 is 23.5. The van der Waals surface area contributed by atoms with Crippen LogP contribution in [-0.4, -0.2) is 98.4 Å². The molecule has 0 atom stereocenters. The number of hydrogen-bond acceptors (Lipinski definition) is 5. The van der Waals surface area contributed by atoms with Gasteiger partial charge >= 0.3 is 6.03 Å². The van der Waals surface area contributed by atoms with Crippen molar-refractivity contribution in [3.8, 4) is 0 Å². The molecule has 2 fully saturated rings. The van der Waals surface area contributed by atoms with E-state index >= 15 is 0 Å². The van der Waals surface area contributed by atoms with Crippen LogP contribution >= 0.6 is 12.4 Å². The van der Waals surface area contributed by atoms with Crippen molar-refractivity contribution in [2.24, 2.45) is 0 Å². The fourth-order valence-electron chi connectivity index (χ4n) is 3.66. The quantitative estimate of drug-likeness (QED) is 0.714. The van der Waals surface area contributed by atoms with Crippen LogP contribution in [0, 0.1) is 0 Å². The van der Waals surface area contributed by atoms with Crippen molar-refractivity contribution in [2.45, 2.75) is 31.4 Å². The SMILES string of the molecule is CCN(CC)C(=O)N1CCN(C(=O)C2(S(C)(=O)=O)CCNCC2)CC1.Cl. The molecule has 0 aromatic rings. The van der Waals surface area contributed by atoms with E-state index < -0.39 is 14.6 Å². The summed E-state index contributed by atoms with van der Waals surface area (Å²) >= 11 is 0. The Morgan fingerprint density at radius 3 is 1.88 bits per heavy atom. The van der Waals surface area contributed by atoms with Crippen LogP contribution in [0.15, 0.2) is 0 Å². The van der Waals surface area contributed by atoms with E-state index in [0.29, 0.717) is 65.2 Å². The van der Waals surface area contributed by atoms with Crippen molar-refractivity contribution >= 4 is 34.2 Å². The first kappa shape index (κ1) is 23.0. The monoisotopic (exact) mass is 410 g/mol. The van der Waals surface area contributed by atoms with Crippen molar-refractivity contribution in [1.29, 1.82) is 0 Å². The van der Waals surface area contributed by atoms with Gasteiger partial charge in [0, 0.05) is 45.5 Å². The maximum atomic E-state index is 13.0. The van der Waals surface area contributed by atoms with Crippen LogP contribution in [-0.2, 0) is 14.6 Å². The molecule has 0 radical (unpaired) electrons. The average Bonchev–Trinajstić information content (AvgIpc) is 2.62. The minimum atomic E-state index is -3.51. The van der Waals surface area contributed by atoms with E-state index in [2.05, 4.69) is 5.32 Å². The maximum Gasteiger partial charge on any atom is 0.320 e. The Bertz CT molecular complexity index is 595. The summed E-state index contributed by atoms with van der Waals surface area (Å²) in [5, 5.41) is 3.12. The highest BCUT2D eigenvalue weighted by atomic mass is 35.5. The highest BCUT2D eigenvalue weighted by Crippen LogP contribution is 2.30. The molecule has 2 aliphatic heterocycles. The number of piperazine rings is 1. The van der Waals surface area contributed by atoms with Gasteiger partial charge in [0.2, 0.25) is 5.91 Å². The van der Waals surface area contributed by atoms with Crippen molar-refractivity contribution in [1.82, 2.24) is 20.0 Å². The van der Waals surface area contributed by atoms with Gasteiger partial charge in [-0.25, -0.2) is 13.2 Å². The van der Waals surface area contributed by atoms with Gasteiger partial charge in [-0.15, -0.1) is 12.4 Å². The first-order valence-corrected chi connectivity index (χ1v) is 10.9. The predicted molar refractivity (Wildman–Crippen MR) is 103 cm³/mol. The van der Waals surface area contributed by atoms with Crippen molar-refractivity contribution in [3.63, 3.8) is 0 Å². The molecule has 0 aromatic heterocycles. The van der Waals surface area contributed by atoms with Gasteiger partial charge in [-0.2, -0.15) is 0 Å². The number of halogens is 1. The Morgan fingerprint density at radius 1 is 1.00 bits per heavy atom. The molecule has 0 aromatic carbocycles. The number of carbonyl (C=O) groups excluding carboxylic acids is 2. The van der Waals surface area contributed by atoms with Gasteiger partial charge in [0.15, 0.2) is 14.6 Å². The Hall–Kier alpha value is -1.06. The Balaban J connectivity index is 0.00000338. The zero-order chi connectivity index (χ0) is 18.7. The van der Waals surface area contributed by atoms with E-state index in [1.54, 1.807) is 14.7 Å². The highest BCUT2D eigenvalue weighted by molar-refractivity contribution is 7.92. The van der Waals surface area contributed by atoms with Gasteiger partial charge in [-0.05, 0) is 39.8 Å². The molecule has 2 saturated heterocycles. The summed E-state index contributed by atoms with van der Waals surface area (Å²) in [5.41, 5.74) is 0. The standard InChI is InChI=1S/C16H30N4O4S.ClH/c1-4-18(5-2)15(22)20-12-10-19(11-13-20)14(21)16(25(3,23)24)6-8-17-9-7-16;/h17H,4-13H2,1-3H3;1H. The van der Waals surface area contributed by atoms with E-state index in [1.807, 2.05) is 13.8 Å². The van der Waals surface area contributed by atoms with Gasteiger partial charge in [-0.1, -0.05) is 0 Å². The fourth-order valence-corrected chi connectivity index (χ4v) is 5.05. The van der Waals surface area contributed by atoms with Gasteiger partial charge in [-0.3, -0.25) is 4.79 Å². The summed E-state index contributed by atoms with van der Waals surface area (Å²) in [5.74, 6) is -0.300. The summed E-state index contributed by atoms with van der Waals surface area (Å²) in [6.07, 6.45) is 1.78. The maximum absolute atomic E-state index is 13.0. The van der Waals surface area contributed by atoms with Crippen LogP contribution in [0.1, 0.15) is 26.7 Å². The van der Waals surface area contributed by atoms with E-state index in [9.17, 15) is 18.0 Å². The first-order chi connectivity index (χ1) is 11.8. The third kappa shape index (κ3) is 4.43. The second-order valence-corrected chi connectivity index (χ2v) is 9.08. The summed E-state index contributed by atoms with van der Waals surface area (Å²) in [7, 11) is -3.51. The summed E-state index contributed by atoms with van der Waals surface area (Å²) in [6, 6.07) is -0.0169. The molecule has 3 amide bonds. The fraction of sp³-hybridized carbons (Fsp3) is 0.875. The van der Waals surface area contributed by atoms with Gasteiger partial charge in [0.1, 0.15) is 0 Å². The number of carbonyl (C=O) groups is 2. The zero-order valence-electron chi connectivity index (χ0n) is 15.9. The first-order valence-electron chi connectivity index (χ1n) is 9.00. The molecular weight excluding hydrogens is 380 g/mol. The van der Waals surface area contributed by atoms with Crippen molar-refractivity contribution < 1.29 is 18.0 Å². The highest BCUT2D eigenvalue weighted by Gasteiger charge is 2.50. The van der Waals surface area contributed by atoms with Crippen LogP contribution < -0.4 is 5.32 Å². The lowest BCUT2D eigenvalue weighted by molar-refractivity contribution is -0.136. The van der Waals surface area contributed by atoms with Crippen molar-refractivity contribution in [3.05, 3.63) is 0 Å².